The molecule has 1 saturated heterocycles. The Morgan fingerprint density at radius 1 is 1.43 bits per heavy atom. The van der Waals surface area contributed by atoms with Crippen LogP contribution in [-0.4, -0.2) is 53.9 Å². The molecule has 2 atom stereocenters. The van der Waals surface area contributed by atoms with Gasteiger partial charge in [-0.25, -0.2) is 0 Å². The Hall–Kier alpha value is -1.47. The van der Waals surface area contributed by atoms with Gasteiger partial charge in [-0.1, -0.05) is 25.9 Å². The van der Waals surface area contributed by atoms with Crippen molar-refractivity contribution in [2.45, 2.75) is 51.3 Å². The molecule has 1 aromatic heterocycles. The van der Waals surface area contributed by atoms with Gasteiger partial charge in [-0.15, -0.1) is 0 Å². The van der Waals surface area contributed by atoms with Gasteiger partial charge in [-0.3, -0.25) is 9.69 Å². The molecular formula is C14H23N3O4. The summed E-state index contributed by atoms with van der Waals surface area (Å²) in [6.45, 7) is 7.13. The third kappa shape index (κ3) is 3.59. The van der Waals surface area contributed by atoms with Crippen LogP contribution in [0.15, 0.2) is 4.52 Å². The zero-order valence-corrected chi connectivity index (χ0v) is 13.3. The number of hydrogen-bond acceptors (Lipinski definition) is 7. The number of carbonyl (C=O) groups is 1. The topological polar surface area (TPSA) is 77.7 Å². The molecule has 2 rings (SSSR count). The minimum absolute atomic E-state index is 0.0167. The normalized spacial score (nSPS) is 23.5. The van der Waals surface area contributed by atoms with E-state index in [1.807, 2.05) is 25.7 Å². The number of esters is 1. The van der Waals surface area contributed by atoms with Gasteiger partial charge < -0.3 is 14.0 Å². The second kappa shape index (κ2) is 6.11. The van der Waals surface area contributed by atoms with Crippen LogP contribution in [0.1, 0.15) is 38.9 Å². The van der Waals surface area contributed by atoms with E-state index >= 15 is 0 Å². The van der Waals surface area contributed by atoms with Gasteiger partial charge in [-0.2, -0.15) is 4.98 Å². The summed E-state index contributed by atoms with van der Waals surface area (Å²) in [6.07, 6.45) is 0.635. The predicted octanol–water partition coefficient (Wildman–Crippen LogP) is 1.13. The van der Waals surface area contributed by atoms with Crippen molar-refractivity contribution in [3.05, 3.63) is 11.7 Å². The number of carbonyl (C=O) groups excluding carboxylic acids is 1. The van der Waals surface area contributed by atoms with Gasteiger partial charge in [-0.05, 0) is 0 Å². The third-order valence-corrected chi connectivity index (χ3v) is 3.63. The summed E-state index contributed by atoms with van der Waals surface area (Å²) in [5, 5.41) is 4.00. The minimum atomic E-state index is -0.323. The zero-order valence-electron chi connectivity index (χ0n) is 13.3. The molecule has 0 aliphatic carbocycles. The molecule has 0 radical (unpaired) electrons. The highest BCUT2D eigenvalue weighted by atomic mass is 16.5. The maximum atomic E-state index is 11.9. The van der Waals surface area contributed by atoms with Gasteiger partial charge in [0.05, 0.1) is 19.8 Å². The van der Waals surface area contributed by atoms with E-state index in [1.54, 1.807) is 7.11 Å². The summed E-state index contributed by atoms with van der Waals surface area (Å²) in [6, 6.07) is -0.323. The lowest BCUT2D eigenvalue weighted by Gasteiger charge is -2.20. The molecule has 0 spiro atoms. The Kier molecular flexibility index (Phi) is 4.63. The summed E-state index contributed by atoms with van der Waals surface area (Å²) in [4.78, 5) is 18.2. The number of hydrogen-bond donors (Lipinski definition) is 0. The van der Waals surface area contributed by atoms with Crippen LogP contribution in [0.4, 0.5) is 0 Å². The second-order valence-electron chi connectivity index (χ2n) is 6.33. The van der Waals surface area contributed by atoms with Gasteiger partial charge in [0.15, 0.2) is 5.82 Å². The SMILES string of the molecule is COC(=O)[C@@H]1C[C@@H](OC)CN1Cc1noc(C(C)(C)C)n1. The van der Waals surface area contributed by atoms with Crippen LogP contribution >= 0.6 is 0 Å². The first kappa shape index (κ1) is 15.9. The first-order chi connectivity index (χ1) is 9.85. The van der Waals surface area contributed by atoms with Crippen molar-refractivity contribution in [1.82, 2.24) is 15.0 Å². The first-order valence-electron chi connectivity index (χ1n) is 7.03. The van der Waals surface area contributed by atoms with E-state index in [1.165, 1.54) is 7.11 Å². The number of likely N-dealkylation sites (tertiary alicyclic amines) is 1. The van der Waals surface area contributed by atoms with Crippen molar-refractivity contribution < 1.29 is 18.8 Å². The molecule has 2 heterocycles. The molecule has 1 aliphatic heterocycles. The van der Waals surface area contributed by atoms with Crippen molar-refractivity contribution >= 4 is 5.97 Å². The summed E-state index contributed by atoms with van der Waals surface area (Å²) in [5.41, 5.74) is -0.187. The molecule has 0 aromatic carbocycles. The standard InChI is InChI=1S/C14H23N3O4/c1-14(2,3)13-15-11(16-21-13)8-17-7-9(19-4)6-10(17)12(18)20-5/h9-10H,6-8H2,1-5H3/t9-,10+/m1/s1. The van der Waals surface area contributed by atoms with Crippen molar-refractivity contribution in [1.29, 1.82) is 0 Å². The van der Waals surface area contributed by atoms with Crippen LogP contribution in [0, 0.1) is 0 Å². The number of methoxy groups -OCH3 is 2. The lowest BCUT2D eigenvalue weighted by molar-refractivity contribution is -0.146. The second-order valence-corrected chi connectivity index (χ2v) is 6.33. The Labute approximate surface area is 124 Å². The first-order valence-corrected chi connectivity index (χ1v) is 7.03. The molecule has 1 fully saturated rings. The highest BCUT2D eigenvalue weighted by Gasteiger charge is 2.38. The maximum absolute atomic E-state index is 11.9. The largest absolute Gasteiger partial charge is 0.468 e. The Bertz CT molecular complexity index is 495. The van der Waals surface area contributed by atoms with Gasteiger partial charge in [0.2, 0.25) is 5.89 Å². The number of rotatable bonds is 4. The van der Waals surface area contributed by atoms with Gasteiger partial charge >= 0.3 is 5.97 Å². The van der Waals surface area contributed by atoms with Gasteiger partial charge in [0.25, 0.3) is 0 Å². The molecular weight excluding hydrogens is 274 g/mol. The average Bonchev–Trinajstić information content (AvgIpc) is 3.04. The lowest BCUT2D eigenvalue weighted by Crippen LogP contribution is -2.36. The summed E-state index contributed by atoms with van der Waals surface area (Å²) >= 11 is 0. The van der Waals surface area contributed by atoms with E-state index in [0.29, 0.717) is 31.2 Å². The molecule has 0 amide bonds. The molecule has 7 heteroatoms. The fourth-order valence-corrected chi connectivity index (χ4v) is 2.39. The fraction of sp³-hybridized carbons (Fsp3) is 0.786. The van der Waals surface area contributed by atoms with E-state index < -0.39 is 0 Å². The monoisotopic (exact) mass is 297 g/mol. The third-order valence-electron chi connectivity index (χ3n) is 3.63. The van der Waals surface area contributed by atoms with Gasteiger partial charge in [0, 0.05) is 25.5 Å². The molecule has 7 nitrogen and oxygen atoms in total. The molecule has 0 bridgehead atoms. The van der Waals surface area contributed by atoms with Crippen LogP contribution in [0.25, 0.3) is 0 Å². The summed E-state index contributed by atoms with van der Waals surface area (Å²) < 4.78 is 15.5. The van der Waals surface area contributed by atoms with Crippen LogP contribution in [0.2, 0.25) is 0 Å². The van der Waals surface area contributed by atoms with Crippen LogP contribution in [-0.2, 0) is 26.2 Å². The van der Waals surface area contributed by atoms with Crippen LogP contribution in [0.5, 0.6) is 0 Å². The maximum Gasteiger partial charge on any atom is 0.323 e. The predicted molar refractivity (Wildman–Crippen MR) is 74.6 cm³/mol. The molecule has 1 aliphatic rings. The molecule has 0 N–H and O–H groups in total. The average molecular weight is 297 g/mol. The zero-order chi connectivity index (χ0) is 15.6. The summed E-state index contributed by atoms with van der Waals surface area (Å²) in [5.74, 6) is 0.911. The Morgan fingerprint density at radius 2 is 2.14 bits per heavy atom. The van der Waals surface area contributed by atoms with E-state index in [0.717, 1.165) is 0 Å². The van der Waals surface area contributed by atoms with Crippen molar-refractivity contribution in [3.63, 3.8) is 0 Å². The Balaban J connectivity index is 2.09. The van der Waals surface area contributed by atoms with Crippen molar-refractivity contribution in [2.75, 3.05) is 20.8 Å². The smallest absolute Gasteiger partial charge is 0.323 e. The molecule has 118 valence electrons. The number of nitrogens with zero attached hydrogens (tertiary/aromatic N) is 3. The van der Waals surface area contributed by atoms with Crippen LogP contribution in [0.3, 0.4) is 0 Å². The van der Waals surface area contributed by atoms with E-state index in [2.05, 4.69) is 10.1 Å². The lowest BCUT2D eigenvalue weighted by atomic mass is 9.97. The molecule has 21 heavy (non-hydrogen) atoms. The molecule has 1 aromatic rings. The fourth-order valence-electron chi connectivity index (χ4n) is 2.39. The minimum Gasteiger partial charge on any atom is -0.468 e. The quantitative estimate of drug-likeness (QED) is 0.771. The number of ether oxygens (including phenoxy) is 2. The number of aromatic nitrogens is 2. The molecule has 0 saturated carbocycles. The highest BCUT2D eigenvalue weighted by molar-refractivity contribution is 5.76. The van der Waals surface area contributed by atoms with Crippen LogP contribution < -0.4 is 0 Å². The van der Waals surface area contributed by atoms with Crippen molar-refractivity contribution in [3.8, 4) is 0 Å². The highest BCUT2D eigenvalue weighted by Crippen LogP contribution is 2.24. The Morgan fingerprint density at radius 3 is 2.67 bits per heavy atom. The van der Waals surface area contributed by atoms with Gasteiger partial charge in [0.1, 0.15) is 6.04 Å². The van der Waals surface area contributed by atoms with Crippen molar-refractivity contribution in [2.24, 2.45) is 0 Å². The van der Waals surface area contributed by atoms with E-state index in [4.69, 9.17) is 14.0 Å². The molecule has 0 unspecified atom stereocenters. The summed E-state index contributed by atoms with van der Waals surface area (Å²) in [7, 11) is 3.04. The van der Waals surface area contributed by atoms with E-state index in [9.17, 15) is 4.79 Å². The van der Waals surface area contributed by atoms with E-state index in [-0.39, 0.29) is 23.5 Å².